The molecular formula is C22H37IN4O2. The summed E-state index contributed by atoms with van der Waals surface area (Å²) in [5, 5.41) is 3.58. The number of likely N-dealkylation sites (N-methyl/N-ethyl adjacent to an activating group) is 1. The number of carbonyl (C=O) groups excluding carboxylic acids is 1. The number of nitrogens with one attached hydrogen (secondary N) is 1. The van der Waals surface area contributed by atoms with E-state index in [1.165, 1.54) is 12.7 Å². The highest BCUT2D eigenvalue weighted by molar-refractivity contribution is 14.0. The first-order valence-corrected chi connectivity index (χ1v) is 10.4. The molecule has 0 radical (unpaired) electrons. The summed E-state index contributed by atoms with van der Waals surface area (Å²) in [7, 11) is 3.30. The number of guanidine groups is 1. The van der Waals surface area contributed by atoms with E-state index in [1.807, 2.05) is 7.05 Å². The van der Waals surface area contributed by atoms with Crippen molar-refractivity contribution in [3.05, 3.63) is 35.9 Å². The van der Waals surface area contributed by atoms with E-state index in [4.69, 9.17) is 4.74 Å². The van der Waals surface area contributed by atoms with Crippen molar-refractivity contribution in [2.75, 3.05) is 46.9 Å². The van der Waals surface area contributed by atoms with E-state index in [-0.39, 0.29) is 35.9 Å². The number of carbonyl (C=O) groups is 1. The van der Waals surface area contributed by atoms with Crippen LogP contribution in [0.4, 0.5) is 0 Å². The minimum absolute atomic E-state index is 0. The van der Waals surface area contributed by atoms with Crippen molar-refractivity contribution in [2.45, 2.75) is 39.2 Å². The van der Waals surface area contributed by atoms with E-state index in [0.29, 0.717) is 6.04 Å². The molecule has 1 saturated heterocycles. The van der Waals surface area contributed by atoms with Gasteiger partial charge >= 0.3 is 5.97 Å². The average Bonchev–Trinajstić information content (AvgIpc) is 2.75. The average molecular weight is 516 g/mol. The number of halogens is 1. The Morgan fingerprint density at radius 2 is 1.86 bits per heavy atom. The first-order chi connectivity index (χ1) is 13.6. The highest BCUT2D eigenvalue weighted by Crippen LogP contribution is 2.18. The van der Waals surface area contributed by atoms with Crippen molar-refractivity contribution in [1.82, 2.24) is 15.1 Å². The van der Waals surface area contributed by atoms with Gasteiger partial charge in [0, 0.05) is 32.7 Å². The molecule has 0 amide bonds. The topological polar surface area (TPSA) is 57.2 Å². The maximum absolute atomic E-state index is 11.8. The lowest BCUT2D eigenvalue weighted by molar-refractivity contribution is -0.146. The molecule has 1 aliphatic heterocycles. The number of nitrogens with zero attached hydrogens (tertiary/aromatic N) is 3. The molecule has 0 spiro atoms. The summed E-state index contributed by atoms with van der Waals surface area (Å²) in [6.07, 6.45) is 2.64. The van der Waals surface area contributed by atoms with Gasteiger partial charge in [0.05, 0.1) is 13.0 Å². The minimum Gasteiger partial charge on any atom is -0.469 e. The molecule has 1 aliphatic rings. The molecule has 2 rings (SSSR count). The highest BCUT2D eigenvalue weighted by Gasteiger charge is 2.27. The predicted octanol–water partition coefficient (Wildman–Crippen LogP) is 3.02. The summed E-state index contributed by atoms with van der Waals surface area (Å²) >= 11 is 0. The highest BCUT2D eigenvalue weighted by atomic mass is 127. The lowest BCUT2D eigenvalue weighted by atomic mass is 9.97. The number of likely N-dealkylation sites (tertiary alicyclic amines) is 1. The number of hydrogen-bond acceptors (Lipinski definition) is 4. The molecule has 1 aromatic rings. The van der Waals surface area contributed by atoms with Crippen molar-refractivity contribution in [2.24, 2.45) is 10.9 Å². The van der Waals surface area contributed by atoms with Crippen molar-refractivity contribution < 1.29 is 9.53 Å². The summed E-state index contributed by atoms with van der Waals surface area (Å²) in [6.45, 7) is 8.99. The zero-order chi connectivity index (χ0) is 20.4. The van der Waals surface area contributed by atoms with Gasteiger partial charge in [-0.25, -0.2) is 0 Å². The monoisotopic (exact) mass is 516 g/mol. The van der Waals surface area contributed by atoms with Crippen LogP contribution in [0, 0.1) is 5.92 Å². The summed E-state index contributed by atoms with van der Waals surface area (Å²) in [4.78, 5) is 21.0. The maximum Gasteiger partial charge on any atom is 0.308 e. The maximum atomic E-state index is 11.8. The van der Waals surface area contributed by atoms with Crippen molar-refractivity contribution in [3.63, 3.8) is 0 Å². The third kappa shape index (κ3) is 7.77. The van der Waals surface area contributed by atoms with Crippen molar-refractivity contribution in [1.29, 1.82) is 0 Å². The Bertz CT molecular complexity index is 614. The molecule has 1 unspecified atom stereocenters. The molecule has 1 N–H and O–H groups in total. The van der Waals surface area contributed by atoms with E-state index < -0.39 is 0 Å². The van der Waals surface area contributed by atoms with Crippen LogP contribution in [0.25, 0.3) is 0 Å². The molecule has 0 aliphatic carbocycles. The van der Waals surface area contributed by atoms with Crippen LogP contribution < -0.4 is 5.32 Å². The van der Waals surface area contributed by atoms with Gasteiger partial charge in [-0.3, -0.25) is 14.7 Å². The summed E-state index contributed by atoms with van der Waals surface area (Å²) in [5.74, 6) is 0.849. The molecule has 0 saturated carbocycles. The number of hydrogen-bond donors (Lipinski definition) is 1. The first-order valence-electron chi connectivity index (χ1n) is 10.4. The van der Waals surface area contributed by atoms with Crippen LogP contribution in [0.5, 0.6) is 0 Å². The van der Waals surface area contributed by atoms with Gasteiger partial charge in [0.2, 0.25) is 0 Å². The zero-order valence-electron chi connectivity index (χ0n) is 18.3. The Kier molecular flexibility index (Phi) is 12.2. The Morgan fingerprint density at radius 3 is 2.38 bits per heavy atom. The fourth-order valence-corrected chi connectivity index (χ4v) is 3.99. The number of ether oxygens (including phenoxy) is 1. The number of piperidine rings is 1. The van der Waals surface area contributed by atoms with Crippen LogP contribution in [0.3, 0.4) is 0 Å². The zero-order valence-corrected chi connectivity index (χ0v) is 20.6. The third-order valence-corrected chi connectivity index (χ3v) is 5.68. The predicted molar refractivity (Wildman–Crippen MR) is 130 cm³/mol. The van der Waals surface area contributed by atoms with Gasteiger partial charge in [0.1, 0.15) is 0 Å². The number of methoxy groups -OCH3 is 1. The fourth-order valence-electron chi connectivity index (χ4n) is 3.99. The summed E-state index contributed by atoms with van der Waals surface area (Å²) in [5.41, 5.74) is 1.36. The van der Waals surface area contributed by atoms with Crippen LogP contribution in [-0.4, -0.2) is 74.7 Å². The van der Waals surface area contributed by atoms with Crippen molar-refractivity contribution in [3.8, 4) is 0 Å². The molecular weight excluding hydrogens is 479 g/mol. The number of esters is 1. The van der Waals surface area contributed by atoms with Gasteiger partial charge in [0.25, 0.3) is 0 Å². The molecule has 164 valence electrons. The molecule has 1 fully saturated rings. The lowest BCUT2D eigenvalue weighted by Gasteiger charge is -2.35. The lowest BCUT2D eigenvalue weighted by Crippen LogP contribution is -2.51. The third-order valence-electron chi connectivity index (χ3n) is 5.68. The summed E-state index contributed by atoms with van der Waals surface area (Å²) in [6, 6.07) is 11.1. The molecule has 1 heterocycles. The summed E-state index contributed by atoms with van der Waals surface area (Å²) < 4.78 is 4.89. The van der Waals surface area contributed by atoms with Crippen LogP contribution in [-0.2, 0) is 16.0 Å². The SMILES string of the molecule is CCN(CC)C(CNC(=NC)N1CCC(C(=O)OC)CC1)Cc1ccccc1.I. The van der Waals surface area contributed by atoms with Crippen LogP contribution in [0.1, 0.15) is 32.3 Å². The fraction of sp³-hybridized carbons (Fsp3) is 0.636. The molecule has 1 aromatic carbocycles. The molecule has 0 aromatic heterocycles. The van der Waals surface area contributed by atoms with Crippen LogP contribution in [0.15, 0.2) is 35.3 Å². The van der Waals surface area contributed by atoms with Crippen LogP contribution >= 0.6 is 24.0 Å². The second-order valence-electron chi connectivity index (χ2n) is 7.28. The number of benzene rings is 1. The largest absolute Gasteiger partial charge is 0.469 e. The Hall–Kier alpha value is -1.35. The quantitative estimate of drug-likeness (QED) is 0.249. The standard InChI is InChI=1S/C22H36N4O2.HI/c1-5-25(6-2)20(16-18-10-8-7-9-11-18)17-24-22(23-3)26-14-12-19(13-15-26)21(27)28-4;/h7-11,19-20H,5-6,12-17H2,1-4H3,(H,23,24);1H. The van der Waals surface area contributed by atoms with Crippen LogP contribution in [0.2, 0.25) is 0 Å². The van der Waals surface area contributed by atoms with Gasteiger partial charge < -0.3 is 15.0 Å². The molecule has 7 heteroatoms. The number of aliphatic imine (C=N–C) groups is 1. The normalized spacial score (nSPS) is 16.3. The molecule has 0 bridgehead atoms. The number of rotatable bonds is 8. The van der Waals surface area contributed by atoms with E-state index in [1.54, 1.807) is 0 Å². The second-order valence-corrected chi connectivity index (χ2v) is 7.28. The van der Waals surface area contributed by atoms with E-state index >= 15 is 0 Å². The van der Waals surface area contributed by atoms with Gasteiger partial charge in [-0.2, -0.15) is 0 Å². The second kappa shape index (κ2) is 13.8. The van der Waals surface area contributed by atoms with E-state index in [9.17, 15) is 4.79 Å². The Balaban J connectivity index is 0.00000420. The Morgan fingerprint density at radius 1 is 1.24 bits per heavy atom. The van der Waals surface area contributed by atoms with Gasteiger partial charge in [0.15, 0.2) is 5.96 Å². The van der Waals surface area contributed by atoms with E-state index in [2.05, 4.69) is 64.3 Å². The molecule has 29 heavy (non-hydrogen) atoms. The van der Waals surface area contributed by atoms with Gasteiger partial charge in [-0.1, -0.05) is 44.2 Å². The molecule has 6 nitrogen and oxygen atoms in total. The van der Waals surface area contributed by atoms with E-state index in [0.717, 1.165) is 57.9 Å². The first kappa shape index (κ1) is 25.7. The van der Waals surface area contributed by atoms with Crippen molar-refractivity contribution >= 4 is 35.9 Å². The smallest absolute Gasteiger partial charge is 0.308 e. The molecule has 1 atom stereocenters. The Labute approximate surface area is 193 Å². The van der Waals surface area contributed by atoms with Gasteiger partial charge in [-0.05, 0) is 37.9 Å². The minimum atomic E-state index is -0.0907. The van der Waals surface area contributed by atoms with Gasteiger partial charge in [-0.15, -0.1) is 24.0 Å².